The van der Waals surface area contributed by atoms with E-state index in [2.05, 4.69) is 51.0 Å². The van der Waals surface area contributed by atoms with Crippen molar-refractivity contribution in [2.45, 2.75) is 109 Å². The number of pyridine rings is 1. The number of ether oxygens (including phenoxy) is 2. The normalized spacial score (nSPS) is 26.8. The van der Waals surface area contributed by atoms with Crippen LogP contribution in [0.3, 0.4) is 0 Å². The molecule has 2 amide bonds. The summed E-state index contributed by atoms with van der Waals surface area (Å²) in [5.74, 6) is 2.26. The van der Waals surface area contributed by atoms with Gasteiger partial charge in [-0.2, -0.15) is 5.10 Å². The Bertz CT molecular complexity index is 1640. The number of benzene rings is 1. The molecule has 1 saturated heterocycles. The predicted molar refractivity (Wildman–Crippen MR) is 191 cm³/mol. The summed E-state index contributed by atoms with van der Waals surface area (Å²) >= 11 is 0. The Hall–Kier alpha value is -3.88. The van der Waals surface area contributed by atoms with E-state index in [-0.39, 0.29) is 40.9 Å². The summed E-state index contributed by atoms with van der Waals surface area (Å²) < 4.78 is 13.4. The van der Waals surface area contributed by atoms with Gasteiger partial charge in [0.2, 0.25) is 5.91 Å². The van der Waals surface area contributed by atoms with Gasteiger partial charge in [0.15, 0.2) is 0 Å². The van der Waals surface area contributed by atoms with E-state index in [4.69, 9.17) is 14.5 Å². The summed E-state index contributed by atoms with van der Waals surface area (Å²) in [6.07, 6.45) is 13.1. The zero-order valence-corrected chi connectivity index (χ0v) is 30.0. The summed E-state index contributed by atoms with van der Waals surface area (Å²) in [5, 5.41) is 4.55. The standard InChI is InChI=1S/C40H53N5O4/c1-27(2)45-25-31(22-41-45)34-7-6-8-36(42-34)44(37(46)30-9-12-33(13-10-30)49-38(47)43-23-28(3)24-43)26-39-15-18-40(19-16-39,20-17-39)32-11-14-35(48-5)29(4)21-32/h6-8,11,14,21-22,25,27-28,30,33H,9-10,12-13,15-20,23-24,26H2,1-5H3. The molecule has 9 heteroatoms. The monoisotopic (exact) mass is 667 g/mol. The second kappa shape index (κ2) is 13.4. The van der Waals surface area contributed by atoms with Crippen LogP contribution in [0.1, 0.15) is 102 Å². The number of anilines is 1. The van der Waals surface area contributed by atoms with E-state index in [0.29, 0.717) is 12.5 Å². The molecule has 0 atom stereocenters. The highest BCUT2D eigenvalue weighted by molar-refractivity contribution is 5.94. The molecule has 2 bridgehead atoms. The maximum Gasteiger partial charge on any atom is 0.410 e. The summed E-state index contributed by atoms with van der Waals surface area (Å²) in [6, 6.07) is 13.0. The number of aromatic nitrogens is 3. The number of hydrogen-bond acceptors (Lipinski definition) is 6. The van der Waals surface area contributed by atoms with E-state index in [9.17, 15) is 9.59 Å². The Morgan fingerprint density at radius 1 is 1.00 bits per heavy atom. The minimum Gasteiger partial charge on any atom is -0.496 e. The fourth-order valence-electron chi connectivity index (χ4n) is 8.95. The van der Waals surface area contributed by atoms with Crippen LogP contribution < -0.4 is 9.64 Å². The highest BCUT2D eigenvalue weighted by atomic mass is 16.6. The first-order valence-electron chi connectivity index (χ1n) is 18.5. The number of methoxy groups -OCH3 is 1. The number of amides is 2. The van der Waals surface area contributed by atoms with Gasteiger partial charge in [0.25, 0.3) is 0 Å². The Morgan fingerprint density at radius 3 is 2.33 bits per heavy atom. The highest BCUT2D eigenvalue weighted by Gasteiger charge is 2.51. The second-order valence-electron chi connectivity index (χ2n) is 15.9. The average molecular weight is 668 g/mol. The molecular weight excluding hydrogens is 614 g/mol. The Labute approximate surface area is 291 Å². The van der Waals surface area contributed by atoms with Crippen molar-refractivity contribution in [1.82, 2.24) is 19.7 Å². The lowest BCUT2D eigenvalue weighted by Crippen LogP contribution is -2.52. The van der Waals surface area contributed by atoms with Crippen molar-refractivity contribution < 1.29 is 19.1 Å². The number of carbonyl (C=O) groups excluding carboxylic acids is 2. The lowest BCUT2D eigenvalue weighted by atomic mass is 9.51. The fourth-order valence-corrected chi connectivity index (χ4v) is 8.95. The Balaban J connectivity index is 1.10. The molecule has 0 spiro atoms. The number of nitrogens with zero attached hydrogens (tertiary/aromatic N) is 5. The van der Waals surface area contributed by atoms with Crippen molar-refractivity contribution in [1.29, 1.82) is 0 Å². The minimum atomic E-state index is -0.203. The van der Waals surface area contributed by atoms with Gasteiger partial charge in [0.1, 0.15) is 17.7 Å². The van der Waals surface area contributed by atoms with Gasteiger partial charge in [-0.1, -0.05) is 25.1 Å². The first kappa shape index (κ1) is 33.6. The zero-order valence-electron chi connectivity index (χ0n) is 30.0. The molecule has 9 nitrogen and oxygen atoms in total. The maximum absolute atomic E-state index is 14.6. The predicted octanol–water partition coefficient (Wildman–Crippen LogP) is 8.12. The van der Waals surface area contributed by atoms with Gasteiger partial charge in [-0.05, 0) is 131 Å². The van der Waals surface area contributed by atoms with E-state index in [1.54, 1.807) is 12.0 Å². The van der Waals surface area contributed by atoms with Gasteiger partial charge in [0, 0.05) is 43.4 Å². The maximum atomic E-state index is 14.6. The molecule has 3 heterocycles. The molecule has 0 radical (unpaired) electrons. The van der Waals surface area contributed by atoms with Gasteiger partial charge in [-0.25, -0.2) is 9.78 Å². The van der Waals surface area contributed by atoms with Crippen molar-refractivity contribution in [3.05, 3.63) is 59.9 Å². The van der Waals surface area contributed by atoms with Crippen LogP contribution in [0, 0.1) is 24.2 Å². The number of fused-ring (bicyclic) bond motifs is 3. The molecule has 4 saturated carbocycles. The summed E-state index contributed by atoms with van der Waals surface area (Å²) in [5.41, 5.74) is 4.68. The van der Waals surface area contributed by atoms with Crippen LogP contribution >= 0.6 is 0 Å². The van der Waals surface area contributed by atoms with Crippen LogP contribution in [0.5, 0.6) is 5.75 Å². The van der Waals surface area contributed by atoms with Crippen molar-refractivity contribution in [2.24, 2.45) is 17.3 Å². The van der Waals surface area contributed by atoms with Gasteiger partial charge in [0.05, 0.1) is 19.0 Å². The molecule has 49 heavy (non-hydrogen) atoms. The van der Waals surface area contributed by atoms with Gasteiger partial charge < -0.3 is 14.4 Å². The van der Waals surface area contributed by atoms with Gasteiger partial charge in [-0.3, -0.25) is 14.4 Å². The molecule has 5 fully saturated rings. The van der Waals surface area contributed by atoms with Crippen LogP contribution in [-0.4, -0.2) is 64.5 Å². The van der Waals surface area contributed by atoms with E-state index in [0.717, 1.165) is 100 Å². The van der Waals surface area contributed by atoms with Crippen LogP contribution in [-0.2, 0) is 14.9 Å². The third kappa shape index (κ3) is 6.70. The number of rotatable bonds is 9. The van der Waals surface area contributed by atoms with E-state index in [1.165, 1.54) is 11.1 Å². The molecule has 262 valence electrons. The highest BCUT2D eigenvalue weighted by Crippen LogP contribution is 2.58. The molecule has 3 aromatic rings. The molecule has 8 rings (SSSR count). The van der Waals surface area contributed by atoms with E-state index in [1.807, 2.05) is 40.2 Å². The first-order valence-corrected chi connectivity index (χ1v) is 18.5. The van der Waals surface area contributed by atoms with Crippen LogP contribution in [0.2, 0.25) is 0 Å². The molecule has 5 aliphatic rings. The molecule has 1 aliphatic heterocycles. The summed E-state index contributed by atoms with van der Waals surface area (Å²) in [6.45, 7) is 10.7. The Kier molecular flexibility index (Phi) is 9.22. The molecule has 1 aromatic carbocycles. The van der Waals surface area contributed by atoms with Crippen molar-refractivity contribution in [3.63, 3.8) is 0 Å². The van der Waals surface area contributed by atoms with Gasteiger partial charge in [-0.15, -0.1) is 0 Å². The molecule has 0 N–H and O–H groups in total. The third-order valence-electron chi connectivity index (χ3n) is 12.2. The average Bonchev–Trinajstić information content (AvgIpc) is 3.61. The van der Waals surface area contributed by atoms with Crippen molar-refractivity contribution in [3.8, 4) is 17.0 Å². The quantitative estimate of drug-likeness (QED) is 0.229. The van der Waals surface area contributed by atoms with Crippen molar-refractivity contribution >= 4 is 17.8 Å². The number of carbonyl (C=O) groups is 2. The fraction of sp³-hybridized carbons (Fsp3) is 0.600. The Morgan fingerprint density at radius 2 is 1.71 bits per heavy atom. The second-order valence-corrected chi connectivity index (χ2v) is 15.9. The van der Waals surface area contributed by atoms with E-state index < -0.39 is 0 Å². The van der Waals surface area contributed by atoms with Crippen LogP contribution in [0.15, 0.2) is 48.8 Å². The lowest BCUT2D eigenvalue weighted by Gasteiger charge is -2.55. The van der Waals surface area contributed by atoms with Crippen molar-refractivity contribution in [2.75, 3.05) is 31.6 Å². The zero-order chi connectivity index (χ0) is 34.3. The SMILES string of the molecule is COc1ccc(C23CCC(CN(C(=O)C4CCC(OC(=O)N5CC(C)C5)CC4)c4cccc(-c5cnn(C(C)C)c5)n4)(CC2)CC3)cc1C. The number of aryl methyl sites for hydroxylation is 1. The third-order valence-corrected chi connectivity index (χ3v) is 12.2. The number of hydrogen-bond donors (Lipinski definition) is 0. The van der Waals surface area contributed by atoms with Crippen LogP contribution in [0.25, 0.3) is 11.3 Å². The van der Waals surface area contributed by atoms with Crippen LogP contribution in [0.4, 0.5) is 10.6 Å². The van der Waals surface area contributed by atoms with Gasteiger partial charge >= 0.3 is 6.09 Å². The molecule has 4 aliphatic carbocycles. The summed E-state index contributed by atoms with van der Waals surface area (Å²) in [4.78, 5) is 36.2. The molecule has 2 aromatic heterocycles. The molecular formula is C40H53N5O4. The first-order chi connectivity index (χ1) is 23.6. The summed E-state index contributed by atoms with van der Waals surface area (Å²) in [7, 11) is 1.74. The van der Waals surface area contributed by atoms with E-state index >= 15 is 0 Å². The largest absolute Gasteiger partial charge is 0.496 e. The smallest absolute Gasteiger partial charge is 0.410 e. The lowest BCUT2D eigenvalue weighted by molar-refractivity contribution is -0.124. The number of likely N-dealkylation sites (tertiary alicyclic amines) is 1. The minimum absolute atomic E-state index is 0.0697. The molecule has 0 unspecified atom stereocenters. The topological polar surface area (TPSA) is 89.8 Å².